The Kier molecular flexibility index (Phi) is 5.54. The fourth-order valence-corrected chi connectivity index (χ4v) is 7.28. The molecule has 3 rings (SSSR count). The molecule has 0 aromatic carbocycles. The van der Waals surface area contributed by atoms with E-state index in [0.29, 0.717) is 0 Å². The molecule has 0 aliphatic heterocycles. The van der Waals surface area contributed by atoms with E-state index in [-0.39, 0.29) is 6.10 Å². The molecule has 0 saturated carbocycles. The second kappa shape index (κ2) is 7.47. The van der Waals surface area contributed by atoms with E-state index >= 15 is 0 Å². The van der Waals surface area contributed by atoms with Crippen LogP contribution < -0.4 is 0 Å². The van der Waals surface area contributed by atoms with Gasteiger partial charge in [0, 0.05) is 24.2 Å². The van der Waals surface area contributed by atoms with Crippen LogP contribution in [0.25, 0.3) is 4.83 Å². The predicted octanol–water partition coefficient (Wildman–Crippen LogP) is 5.66. The van der Waals surface area contributed by atoms with Crippen LogP contribution >= 0.6 is 27.3 Å². The van der Waals surface area contributed by atoms with Gasteiger partial charge in [-0.3, -0.25) is 9.38 Å². The van der Waals surface area contributed by atoms with Crippen molar-refractivity contribution >= 4 is 40.4 Å². The maximum atomic E-state index is 6.85. The van der Waals surface area contributed by atoms with Crippen LogP contribution in [-0.4, -0.2) is 22.7 Å². The lowest BCUT2D eigenvalue weighted by Gasteiger charge is -2.32. The number of aromatic nitrogens is 3. The summed E-state index contributed by atoms with van der Waals surface area (Å²) >= 11 is 5.26. The summed E-state index contributed by atoms with van der Waals surface area (Å²) in [5.41, 5.74) is 2.07. The highest BCUT2D eigenvalue weighted by atomic mass is 79.9. The fourth-order valence-electron chi connectivity index (χ4n) is 3.03. The molecular weight excluding hydrogens is 402 g/mol. The van der Waals surface area contributed by atoms with Gasteiger partial charge in [-0.05, 0) is 40.1 Å². The SMILES string of the molecule is CC[Si](CC)(CC)OC(c1cccnc1)c1ncn2cc(Br)sc12. The Morgan fingerprint density at radius 2 is 2.04 bits per heavy atom. The number of nitrogens with zero attached hydrogens (tertiary/aromatic N) is 3. The van der Waals surface area contributed by atoms with Crippen LogP contribution in [0.3, 0.4) is 0 Å². The number of rotatable bonds is 7. The number of thiazole rings is 1. The molecule has 0 radical (unpaired) electrons. The molecule has 0 N–H and O–H groups in total. The molecule has 1 atom stereocenters. The first-order valence-electron chi connectivity index (χ1n) is 8.32. The molecule has 0 saturated heterocycles. The fraction of sp³-hybridized carbons (Fsp3) is 0.412. The Bertz CT molecular complexity index is 792. The normalized spacial score (nSPS) is 13.5. The third-order valence-corrected chi connectivity index (χ3v) is 11.0. The molecule has 3 aromatic heterocycles. The van der Waals surface area contributed by atoms with Gasteiger partial charge in [0.1, 0.15) is 23.0 Å². The van der Waals surface area contributed by atoms with Gasteiger partial charge in [0.25, 0.3) is 0 Å². The summed E-state index contributed by atoms with van der Waals surface area (Å²) in [5, 5.41) is 0. The van der Waals surface area contributed by atoms with E-state index in [1.54, 1.807) is 17.5 Å². The summed E-state index contributed by atoms with van der Waals surface area (Å²) in [7, 11) is -1.78. The van der Waals surface area contributed by atoms with Crippen LogP contribution in [0, 0.1) is 0 Å². The van der Waals surface area contributed by atoms with Crippen LogP contribution in [0.4, 0.5) is 0 Å². The standard InChI is InChI=1S/C17H22BrN3OSSi/c1-4-24(5-2,6-3)22-16(13-8-7-9-19-10-13)15-17-21(12-20-15)11-14(18)23-17/h7-12,16H,4-6H2,1-3H3. The van der Waals surface area contributed by atoms with Gasteiger partial charge < -0.3 is 4.43 Å². The van der Waals surface area contributed by atoms with Crippen molar-refractivity contribution in [2.75, 3.05) is 0 Å². The zero-order valence-corrected chi connectivity index (χ0v) is 17.6. The molecule has 0 bridgehead atoms. The molecule has 1 unspecified atom stereocenters. The Labute approximate surface area is 156 Å². The van der Waals surface area contributed by atoms with E-state index < -0.39 is 8.32 Å². The molecule has 0 aliphatic carbocycles. The average Bonchev–Trinajstić information content (AvgIpc) is 3.17. The molecule has 4 nitrogen and oxygen atoms in total. The number of pyridine rings is 1. The van der Waals surface area contributed by atoms with Gasteiger partial charge in [-0.25, -0.2) is 4.98 Å². The Hall–Kier alpha value is -1.02. The Morgan fingerprint density at radius 3 is 2.67 bits per heavy atom. The highest BCUT2D eigenvalue weighted by molar-refractivity contribution is 9.11. The average molecular weight is 424 g/mol. The maximum Gasteiger partial charge on any atom is 0.193 e. The summed E-state index contributed by atoms with van der Waals surface area (Å²) in [6.45, 7) is 6.76. The summed E-state index contributed by atoms with van der Waals surface area (Å²) < 4.78 is 10.0. The third-order valence-electron chi connectivity index (χ3n) is 4.75. The van der Waals surface area contributed by atoms with Gasteiger partial charge in [-0.15, -0.1) is 11.3 Å². The molecule has 0 fully saturated rings. The summed E-state index contributed by atoms with van der Waals surface area (Å²) in [4.78, 5) is 10.1. The monoisotopic (exact) mass is 423 g/mol. The van der Waals surface area contributed by atoms with Gasteiger partial charge in [0.05, 0.1) is 3.79 Å². The first-order valence-corrected chi connectivity index (χ1v) is 12.5. The van der Waals surface area contributed by atoms with Crippen molar-refractivity contribution in [1.82, 2.24) is 14.4 Å². The Morgan fingerprint density at radius 1 is 1.29 bits per heavy atom. The van der Waals surface area contributed by atoms with Crippen LogP contribution in [-0.2, 0) is 4.43 Å². The van der Waals surface area contributed by atoms with E-state index in [0.717, 1.165) is 38.0 Å². The minimum Gasteiger partial charge on any atom is -0.404 e. The number of hydrogen-bond acceptors (Lipinski definition) is 4. The minimum atomic E-state index is -1.78. The quantitative estimate of drug-likeness (QED) is 0.459. The van der Waals surface area contributed by atoms with Crippen LogP contribution in [0.5, 0.6) is 0 Å². The molecule has 128 valence electrons. The Balaban J connectivity index is 2.09. The van der Waals surface area contributed by atoms with Crippen LogP contribution in [0.2, 0.25) is 18.1 Å². The van der Waals surface area contributed by atoms with E-state index in [1.165, 1.54) is 0 Å². The van der Waals surface area contributed by atoms with Crippen molar-refractivity contribution in [2.24, 2.45) is 0 Å². The highest BCUT2D eigenvalue weighted by Gasteiger charge is 2.35. The first-order chi connectivity index (χ1) is 11.6. The minimum absolute atomic E-state index is 0.152. The van der Waals surface area contributed by atoms with Gasteiger partial charge in [0.15, 0.2) is 8.32 Å². The van der Waals surface area contributed by atoms with Gasteiger partial charge >= 0.3 is 0 Å². The first kappa shape index (κ1) is 17.8. The lowest BCUT2D eigenvalue weighted by molar-refractivity contribution is 0.227. The second-order valence-corrected chi connectivity index (χ2v) is 13.0. The van der Waals surface area contributed by atoms with Crippen molar-refractivity contribution in [3.63, 3.8) is 0 Å². The second-order valence-electron chi connectivity index (χ2n) is 5.91. The van der Waals surface area contributed by atoms with E-state index in [9.17, 15) is 0 Å². The predicted molar refractivity (Wildman–Crippen MR) is 105 cm³/mol. The molecule has 0 spiro atoms. The van der Waals surface area contributed by atoms with Crippen molar-refractivity contribution in [1.29, 1.82) is 0 Å². The smallest absolute Gasteiger partial charge is 0.193 e. The van der Waals surface area contributed by atoms with E-state index in [1.807, 2.05) is 24.8 Å². The lowest BCUT2D eigenvalue weighted by atomic mass is 10.1. The number of fused-ring (bicyclic) bond motifs is 1. The van der Waals surface area contributed by atoms with E-state index in [2.05, 4.69) is 57.1 Å². The third kappa shape index (κ3) is 3.35. The van der Waals surface area contributed by atoms with Crippen LogP contribution in [0.15, 0.2) is 40.8 Å². The van der Waals surface area contributed by atoms with E-state index in [4.69, 9.17) is 4.43 Å². The molecule has 3 heterocycles. The number of imidazole rings is 1. The largest absolute Gasteiger partial charge is 0.404 e. The summed E-state index contributed by atoms with van der Waals surface area (Å²) in [6, 6.07) is 7.40. The van der Waals surface area contributed by atoms with Gasteiger partial charge in [-0.2, -0.15) is 0 Å². The van der Waals surface area contributed by atoms with Gasteiger partial charge in [-0.1, -0.05) is 26.8 Å². The van der Waals surface area contributed by atoms with Gasteiger partial charge in [0.2, 0.25) is 0 Å². The molecule has 0 aliphatic rings. The summed E-state index contributed by atoms with van der Waals surface area (Å²) in [6.07, 6.45) is 7.46. The van der Waals surface area contributed by atoms with Crippen LogP contribution in [0.1, 0.15) is 38.1 Å². The summed E-state index contributed by atoms with van der Waals surface area (Å²) in [5.74, 6) is 0. The highest BCUT2D eigenvalue weighted by Crippen LogP contribution is 2.37. The topological polar surface area (TPSA) is 39.4 Å². The number of hydrogen-bond donors (Lipinski definition) is 0. The number of halogens is 1. The molecule has 24 heavy (non-hydrogen) atoms. The zero-order chi connectivity index (χ0) is 17.2. The molecule has 0 amide bonds. The zero-order valence-electron chi connectivity index (χ0n) is 14.2. The molecule has 3 aromatic rings. The van der Waals surface area contributed by atoms with Crippen molar-refractivity contribution < 1.29 is 4.43 Å². The lowest BCUT2D eigenvalue weighted by Crippen LogP contribution is -2.37. The maximum absolute atomic E-state index is 6.85. The van der Waals surface area contributed by atoms with Crippen molar-refractivity contribution in [2.45, 2.75) is 45.0 Å². The van der Waals surface area contributed by atoms with Crippen molar-refractivity contribution in [3.05, 3.63) is 52.1 Å². The molecule has 7 heteroatoms. The molecular formula is C17H22BrN3OSSi. The van der Waals surface area contributed by atoms with Crippen molar-refractivity contribution in [3.8, 4) is 0 Å².